The SMILES string of the molecule is CS(=O)(=O)Nc1ccc(Oc2ccc([C@@H]3CCC4CCCCN43)cc2)cc1. The van der Waals surface area contributed by atoms with Crippen LogP contribution in [0.4, 0.5) is 5.69 Å². The minimum absolute atomic E-state index is 0.525. The molecule has 0 radical (unpaired) electrons. The topological polar surface area (TPSA) is 58.6 Å². The zero-order valence-electron chi connectivity index (χ0n) is 15.6. The Morgan fingerprint density at radius 1 is 0.926 bits per heavy atom. The van der Waals surface area contributed by atoms with Crippen LogP contribution in [0.3, 0.4) is 0 Å². The van der Waals surface area contributed by atoms with Crippen LogP contribution in [0.1, 0.15) is 43.7 Å². The van der Waals surface area contributed by atoms with Crippen LogP contribution in [0.5, 0.6) is 11.5 Å². The first-order valence-electron chi connectivity index (χ1n) is 9.59. The van der Waals surface area contributed by atoms with Crippen molar-refractivity contribution in [3.8, 4) is 11.5 Å². The van der Waals surface area contributed by atoms with E-state index in [9.17, 15) is 8.42 Å². The molecule has 2 aliphatic rings. The molecule has 144 valence electrons. The number of nitrogens with one attached hydrogen (secondary N) is 1. The average Bonchev–Trinajstić information content (AvgIpc) is 3.07. The van der Waals surface area contributed by atoms with Gasteiger partial charge in [0, 0.05) is 17.8 Å². The van der Waals surface area contributed by atoms with Gasteiger partial charge in [0.15, 0.2) is 0 Å². The predicted molar refractivity (Wildman–Crippen MR) is 108 cm³/mol. The molecule has 5 nitrogen and oxygen atoms in total. The quantitative estimate of drug-likeness (QED) is 0.820. The largest absolute Gasteiger partial charge is 0.457 e. The Hall–Kier alpha value is -2.05. The predicted octanol–water partition coefficient (Wildman–Crippen LogP) is 4.54. The van der Waals surface area contributed by atoms with Gasteiger partial charge < -0.3 is 4.74 Å². The summed E-state index contributed by atoms with van der Waals surface area (Å²) >= 11 is 0. The van der Waals surface area contributed by atoms with Gasteiger partial charge in [-0.25, -0.2) is 8.42 Å². The molecule has 0 aromatic heterocycles. The van der Waals surface area contributed by atoms with E-state index in [-0.39, 0.29) is 0 Å². The van der Waals surface area contributed by atoms with Crippen LogP contribution >= 0.6 is 0 Å². The minimum atomic E-state index is -3.27. The van der Waals surface area contributed by atoms with Crippen molar-refractivity contribution in [2.24, 2.45) is 0 Å². The van der Waals surface area contributed by atoms with Crippen molar-refractivity contribution in [1.82, 2.24) is 4.90 Å². The van der Waals surface area contributed by atoms with Crippen LogP contribution < -0.4 is 9.46 Å². The van der Waals surface area contributed by atoms with Crippen molar-refractivity contribution in [1.29, 1.82) is 0 Å². The summed E-state index contributed by atoms with van der Waals surface area (Å²) < 4.78 is 30.9. The third-order valence-corrected chi connectivity index (χ3v) is 6.11. The second kappa shape index (κ2) is 7.52. The second-order valence-electron chi connectivity index (χ2n) is 7.55. The highest BCUT2D eigenvalue weighted by atomic mass is 32.2. The third kappa shape index (κ3) is 4.45. The molecular formula is C21H26N2O3S. The number of nitrogens with zero attached hydrogens (tertiary/aromatic N) is 1. The van der Waals surface area contributed by atoms with Gasteiger partial charge in [0.25, 0.3) is 0 Å². The number of sulfonamides is 1. The highest BCUT2D eigenvalue weighted by Gasteiger charge is 2.35. The van der Waals surface area contributed by atoms with Gasteiger partial charge in [0.1, 0.15) is 11.5 Å². The van der Waals surface area contributed by atoms with Crippen molar-refractivity contribution < 1.29 is 13.2 Å². The first kappa shape index (κ1) is 18.3. The van der Waals surface area contributed by atoms with Crippen LogP contribution in [0.2, 0.25) is 0 Å². The van der Waals surface area contributed by atoms with Gasteiger partial charge in [-0.2, -0.15) is 0 Å². The molecule has 0 amide bonds. The first-order valence-corrected chi connectivity index (χ1v) is 11.5. The van der Waals surface area contributed by atoms with E-state index < -0.39 is 10.0 Å². The fourth-order valence-electron chi connectivity index (χ4n) is 4.32. The lowest BCUT2D eigenvalue weighted by Gasteiger charge is -2.34. The summed E-state index contributed by atoms with van der Waals surface area (Å²) in [7, 11) is -3.27. The smallest absolute Gasteiger partial charge is 0.229 e. The lowest BCUT2D eigenvalue weighted by molar-refractivity contribution is 0.150. The Morgan fingerprint density at radius 3 is 2.26 bits per heavy atom. The van der Waals surface area contributed by atoms with E-state index in [1.807, 2.05) is 12.1 Å². The van der Waals surface area contributed by atoms with Crippen LogP contribution in [0.15, 0.2) is 48.5 Å². The Balaban J connectivity index is 1.41. The highest BCUT2D eigenvalue weighted by molar-refractivity contribution is 7.92. The lowest BCUT2D eigenvalue weighted by atomic mass is 10.0. The van der Waals surface area contributed by atoms with Gasteiger partial charge in [-0.15, -0.1) is 0 Å². The number of fused-ring (bicyclic) bond motifs is 1. The van der Waals surface area contributed by atoms with E-state index in [1.54, 1.807) is 24.3 Å². The molecule has 0 saturated carbocycles. The minimum Gasteiger partial charge on any atom is -0.457 e. The summed E-state index contributed by atoms with van der Waals surface area (Å²) in [4.78, 5) is 2.69. The molecule has 2 aromatic carbocycles. The average molecular weight is 387 g/mol. The van der Waals surface area contributed by atoms with Crippen molar-refractivity contribution in [3.05, 3.63) is 54.1 Å². The monoisotopic (exact) mass is 386 g/mol. The van der Waals surface area contributed by atoms with Gasteiger partial charge in [-0.05, 0) is 74.2 Å². The number of ether oxygens (including phenoxy) is 1. The Morgan fingerprint density at radius 2 is 1.59 bits per heavy atom. The molecule has 27 heavy (non-hydrogen) atoms. The number of hydrogen-bond donors (Lipinski definition) is 1. The summed E-state index contributed by atoms with van der Waals surface area (Å²) in [6, 6.07) is 16.6. The zero-order chi connectivity index (χ0) is 18.9. The number of anilines is 1. The Kier molecular flexibility index (Phi) is 5.10. The highest BCUT2D eigenvalue weighted by Crippen LogP contribution is 2.40. The molecular weight excluding hydrogens is 360 g/mol. The molecule has 2 atom stereocenters. The molecule has 6 heteroatoms. The maximum atomic E-state index is 11.3. The van der Waals surface area contributed by atoms with Crippen molar-refractivity contribution in [3.63, 3.8) is 0 Å². The summed E-state index contributed by atoms with van der Waals surface area (Å²) in [5, 5.41) is 0. The molecule has 1 N–H and O–H groups in total. The van der Waals surface area contributed by atoms with E-state index in [0.717, 1.165) is 18.0 Å². The van der Waals surface area contributed by atoms with Crippen LogP contribution in [0, 0.1) is 0 Å². The van der Waals surface area contributed by atoms with Gasteiger partial charge in [0.05, 0.1) is 6.26 Å². The van der Waals surface area contributed by atoms with Crippen LogP contribution in [-0.2, 0) is 10.0 Å². The van der Waals surface area contributed by atoms with Crippen molar-refractivity contribution >= 4 is 15.7 Å². The number of rotatable bonds is 5. The number of hydrogen-bond acceptors (Lipinski definition) is 4. The molecule has 0 bridgehead atoms. The van der Waals surface area contributed by atoms with Crippen LogP contribution in [0.25, 0.3) is 0 Å². The fraction of sp³-hybridized carbons (Fsp3) is 0.429. The molecule has 2 saturated heterocycles. The molecule has 1 unspecified atom stereocenters. The van der Waals surface area contributed by atoms with E-state index in [0.29, 0.717) is 17.5 Å². The van der Waals surface area contributed by atoms with Crippen molar-refractivity contribution in [2.75, 3.05) is 17.5 Å². The van der Waals surface area contributed by atoms with E-state index in [4.69, 9.17) is 4.74 Å². The van der Waals surface area contributed by atoms with Gasteiger partial charge in [-0.3, -0.25) is 9.62 Å². The summed E-state index contributed by atoms with van der Waals surface area (Å²) in [5.74, 6) is 1.47. The normalized spacial score (nSPS) is 23.0. The number of benzene rings is 2. The molecule has 0 aliphatic carbocycles. The zero-order valence-corrected chi connectivity index (χ0v) is 16.4. The van der Waals surface area contributed by atoms with Gasteiger partial charge >= 0.3 is 0 Å². The van der Waals surface area contributed by atoms with Gasteiger partial charge in [0.2, 0.25) is 10.0 Å². The molecule has 4 rings (SSSR count). The number of piperidine rings is 1. The molecule has 2 aliphatic heterocycles. The summed E-state index contributed by atoms with van der Waals surface area (Å²) in [6.07, 6.45) is 7.74. The second-order valence-corrected chi connectivity index (χ2v) is 9.30. The fourth-order valence-corrected chi connectivity index (χ4v) is 4.88. The van der Waals surface area contributed by atoms with E-state index >= 15 is 0 Å². The van der Waals surface area contributed by atoms with E-state index in [2.05, 4.69) is 21.8 Å². The van der Waals surface area contributed by atoms with Crippen LogP contribution in [-0.4, -0.2) is 32.2 Å². The molecule has 0 spiro atoms. The van der Waals surface area contributed by atoms with E-state index in [1.165, 1.54) is 44.2 Å². The molecule has 2 fully saturated rings. The maximum Gasteiger partial charge on any atom is 0.229 e. The maximum absolute atomic E-state index is 11.3. The molecule has 2 heterocycles. The lowest BCUT2D eigenvalue weighted by Crippen LogP contribution is -2.35. The third-order valence-electron chi connectivity index (χ3n) is 5.50. The standard InChI is InChI=1S/C21H26N2O3S/c1-27(24,25)22-17-7-12-20(13-8-17)26-19-10-5-16(6-11-19)21-14-9-18-4-2-3-15-23(18)21/h5-8,10-13,18,21-22H,2-4,9,14-15H2,1H3/t18?,21-/m0/s1. The Labute approximate surface area is 161 Å². The summed E-state index contributed by atoms with van der Waals surface area (Å²) in [6.45, 7) is 1.22. The van der Waals surface area contributed by atoms with Crippen molar-refractivity contribution in [2.45, 2.75) is 44.2 Å². The Bertz CT molecular complexity index is 879. The van der Waals surface area contributed by atoms with Gasteiger partial charge in [-0.1, -0.05) is 18.6 Å². The molecule has 2 aromatic rings. The summed E-state index contributed by atoms with van der Waals surface area (Å²) in [5.41, 5.74) is 1.90. The first-order chi connectivity index (χ1) is 13.0.